The maximum atomic E-state index is 12.1. The molecule has 0 amide bonds. The van der Waals surface area contributed by atoms with E-state index < -0.39 is 26.7 Å². The number of phenols is 1. The zero-order valence-corrected chi connectivity index (χ0v) is 16.2. The molecule has 0 atom stereocenters. The van der Waals surface area contributed by atoms with Crippen molar-refractivity contribution in [3.8, 4) is 11.5 Å². The van der Waals surface area contributed by atoms with E-state index in [0.717, 1.165) is 24.3 Å². The van der Waals surface area contributed by atoms with Crippen molar-refractivity contribution in [2.75, 3.05) is 0 Å². The van der Waals surface area contributed by atoms with Crippen molar-refractivity contribution in [3.05, 3.63) is 58.1 Å². The Kier molecular flexibility index (Phi) is 6.13. The summed E-state index contributed by atoms with van der Waals surface area (Å²) in [4.78, 5) is 39.0. The minimum atomic E-state index is -5.52. The van der Waals surface area contributed by atoms with Gasteiger partial charge < -0.3 is 29.4 Å². The summed E-state index contributed by atoms with van der Waals surface area (Å²) in [6, 6.07) is 8.37. The molecule has 0 saturated carbocycles. The minimum Gasteiger partial charge on any atom is -0.508 e. The molecule has 0 aliphatic carbocycles. The summed E-state index contributed by atoms with van der Waals surface area (Å²) in [6.07, 6.45) is -0.848. The second-order valence-electron chi connectivity index (χ2n) is 5.35. The molecule has 0 aliphatic rings. The zero-order chi connectivity index (χ0) is 19.8. The van der Waals surface area contributed by atoms with Gasteiger partial charge >= 0.3 is 20.3 Å². The van der Waals surface area contributed by atoms with E-state index in [0.29, 0.717) is 0 Å². The van der Waals surface area contributed by atoms with Gasteiger partial charge in [0.2, 0.25) is 0 Å². The summed E-state index contributed by atoms with van der Waals surface area (Å²) in [5.74, 6) is -0.422. The molecule has 0 radical (unpaired) electrons. The van der Waals surface area contributed by atoms with E-state index in [1.54, 1.807) is 0 Å². The maximum absolute atomic E-state index is 12.1. The van der Waals surface area contributed by atoms with Crippen LogP contribution in [0.3, 0.4) is 0 Å². The SMILES string of the molecule is O=P(O)(O)C(Cc1ccc(Cl)c(Cl)c1)(Oc1ccc(O)cc1)P(=O)(O)O. The highest BCUT2D eigenvalue weighted by molar-refractivity contribution is 7.72. The maximum Gasteiger partial charge on any atom is 0.381 e. The van der Waals surface area contributed by atoms with Crippen LogP contribution in [0.1, 0.15) is 5.56 Å². The second kappa shape index (κ2) is 7.50. The van der Waals surface area contributed by atoms with E-state index in [1.807, 2.05) is 0 Å². The van der Waals surface area contributed by atoms with Gasteiger partial charge in [-0.3, -0.25) is 9.13 Å². The molecule has 0 aromatic heterocycles. The first-order chi connectivity index (χ1) is 11.9. The van der Waals surface area contributed by atoms with Crippen molar-refractivity contribution in [1.82, 2.24) is 0 Å². The molecule has 0 spiro atoms. The summed E-state index contributed by atoms with van der Waals surface area (Å²) in [7, 11) is -11.0. The van der Waals surface area contributed by atoms with E-state index in [9.17, 15) is 33.8 Å². The second-order valence-corrected chi connectivity index (χ2v) is 10.1. The van der Waals surface area contributed by atoms with Crippen LogP contribution in [-0.2, 0) is 15.6 Å². The molecule has 0 fully saturated rings. The summed E-state index contributed by atoms with van der Waals surface area (Å²) in [5.41, 5.74) is 0.0878. The fourth-order valence-corrected chi connectivity index (χ4v) is 5.05. The molecule has 5 N–H and O–H groups in total. The van der Waals surface area contributed by atoms with Crippen LogP contribution in [0, 0.1) is 0 Å². The number of rotatable bonds is 6. The highest BCUT2D eigenvalue weighted by atomic mass is 35.5. The van der Waals surface area contributed by atoms with Crippen LogP contribution in [0.2, 0.25) is 10.0 Å². The molecule has 2 rings (SSSR count). The Hall–Kier alpha value is -1.08. The van der Waals surface area contributed by atoms with Gasteiger partial charge in [-0.15, -0.1) is 0 Å². The smallest absolute Gasteiger partial charge is 0.381 e. The summed E-state index contributed by atoms with van der Waals surface area (Å²) >= 11 is 11.6. The first-order valence-corrected chi connectivity index (χ1v) is 10.9. The monoisotopic (exact) mass is 442 g/mol. The fraction of sp³-hybridized carbons (Fsp3) is 0.143. The third-order valence-corrected chi connectivity index (χ3v) is 8.07. The number of aromatic hydroxyl groups is 1. The van der Waals surface area contributed by atoms with Crippen molar-refractivity contribution < 1.29 is 38.5 Å². The Morgan fingerprint density at radius 1 is 0.885 bits per heavy atom. The summed E-state index contributed by atoms with van der Waals surface area (Å²) in [5, 5.41) is 6.29. The molecule has 0 saturated heterocycles. The molecular formula is C14H14Cl2O8P2. The lowest BCUT2D eigenvalue weighted by molar-refractivity contribution is 0.152. The van der Waals surface area contributed by atoms with Crippen LogP contribution in [-0.4, -0.2) is 29.8 Å². The first kappa shape index (κ1) is 21.2. The first-order valence-electron chi connectivity index (χ1n) is 6.89. The fourth-order valence-electron chi connectivity index (χ4n) is 2.15. The van der Waals surface area contributed by atoms with E-state index >= 15 is 0 Å². The van der Waals surface area contributed by atoms with Crippen LogP contribution < -0.4 is 4.74 Å². The Morgan fingerprint density at radius 3 is 1.88 bits per heavy atom. The lowest BCUT2D eigenvalue weighted by Gasteiger charge is -2.35. The van der Waals surface area contributed by atoms with Crippen molar-refractivity contribution in [3.63, 3.8) is 0 Å². The van der Waals surface area contributed by atoms with Crippen LogP contribution in [0.4, 0.5) is 0 Å². The number of hydrogen-bond acceptors (Lipinski definition) is 4. The lowest BCUT2D eigenvalue weighted by Crippen LogP contribution is -2.38. The standard InChI is InChI=1S/C14H14Cl2O8P2/c15-12-6-1-9(7-13(12)16)8-14(25(18,19)20,26(21,22)23)24-11-4-2-10(17)3-5-11/h1-7,17H,8H2,(H2,18,19,20)(H2,21,22,23). The number of phenolic OH excluding ortho intramolecular Hbond substituents is 1. The molecule has 0 aliphatic heterocycles. The molecule has 142 valence electrons. The van der Waals surface area contributed by atoms with Crippen molar-refractivity contribution >= 4 is 38.4 Å². The van der Waals surface area contributed by atoms with Crippen LogP contribution in [0.25, 0.3) is 0 Å². The summed E-state index contributed by atoms with van der Waals surface area (Å²) < 4.78 is 29.3. The number of benzene rings is 2. The molecular weight excluding hydrogens is 429 g/mol. The van der Waals surface area contributed by atoms with Crippen molar-refractivity contribution in [1.29, 1.82) is 0 Å². The van der Waals surface area contributed by atoms with Crippen LogP contribution >= 0.6 is 38.4 Å². The van der Waals surface area contributed by atoms with Crippen LogP contribution in [0.5, 0.6) is 11.5 Å². The van der Waals surface area contributed by atoms with Gasteiger partial charge in [-0.1, -0.05) is 29.3 Å². The third kappa shape index (κ3) is 4.42. The Bertz CT molecular complexity index is 868. The van der Waals surface area contributed by atoms with Gasteiger partial charge in [-0.2, -0.15) is 0 Å². The van der Waals surface area contributed by atoms with E-state index in [1.165, 1.54) is 18.2 Å². The van der Waals surface area contributed by atoms with Gasteiger partial charge in [0, 0.05) is 6.42 Å². The van der Waals surface area contributed by atoms with E-state index in [4.69, 9.17) is 27.9 Å². The quantitative estimate of drug-likeness (QED) is 0.428. The topological polar surface area (TPSA) is 145 Å². The van der Waals surface area contributed by atoms with Gasteiger partial charge in [0.15, 0.2) is 0 Å². The molecule has 12 heteroatoms. The predicted octanol–water partition coefficient (Wildman–Crippen LogP) is 3.33. The average Bonchev–Trinajstić information content (AvgIpc) is 2.50. The molecule has 2 aromatic carbocycles. The van der Waals surface area contributed by atoms with Gasteiger partial charge in [-0.25, -0.2) is 0 Å². The predicted molar refractivity (Wildman–Crippen MR) is 95.7 cm³/mol. The number of hydrogen-bond donors (Lipinski definition) is 5. The molecule has 2 aromatic rings. The summed E-state index contributed by atoms with van der Waals surface area (Å²) in [6.45, 7) is 0. The molecule has 0 unspecified atom stereocenters. The lowest BCUT2D eigenvalue weighted by atomic mass is 10.1. The molecule has 8 nitrogen and oxygen atoms in total. The van der Waals surface area contributed by atoms with E-state index in [2.05, 4.69) is 0 Å². The largest absolute Gasteiger partial charge is 0.508 e. The molecule has 26 heavy (non-hydrogen) atoms. The highest BCUT2D eigenvalue weighted by Gasteiger charge is 2.63. The normalized spacial score (nSPS) is 12.8. The highest BCUT2D eigenvalue weighted by Crippen LogP contribution is 2.70. The van der Waals surface area contributed by atoms with Crippen LogP contribution in [0.15, 0.2) is 42.5 Å². The van der Waals surface area contributed by atoms with Crippen molar-refractivity contribution in [2.24, 2.45) is 0 Å². The Balaban J connectivity index is 2.59. The van der Waals surface area contributed by atoms with Gasteiger partial charge in [0.05, 0.1) is 10.0 Å². The van der Waals surface area contributed by atoms with E-state index in [-0.39, 0.29) is 27.1 Å². The van der Waals surface area contributed by atoms with Gasteiger partial charge in [0.1, 0.15) is 11.5 Å². The minimum absolute atomic E-state index is 0.0409. The Morgan fingerprint density at radius 2 is 1.42 bits per heavy atom. The average molecular weight is 443 g/mol. The van der Waals surface area contributed by atoms with Gasteiger partial charge in [-0.05, 0) is 42.0 Å². The molecule has 0 bridgehead atoms. The van der Waals surface area contributed by atoms with Gasteiger partial charge in [0.25, 0.3) is 0 Å². The third-order valence-electron chi connectivity index (χ3n) is 3.45. The zero-order valence-electron chi connectivity index (χ0n) is 12.9. The number of halogens is 2. The van der Waals surface area contributed by atoms with Crippen molar-refractivity contribution in [2.45, 2.75) is 11.5 Å². The Labute approximate surface area is 158 Å². The number of ether oxygens (including phenoxy) is 1. The molecule has 0 heterocycles.